The average Bonchev–Trinajstić information content (AvgIpc) is 2.64. The number of carbonyl (C=O) groups is 2. The zero-order valence-electron chi connectivity index (χ0n) is 8.59. The van der Waals surface area contributed by atoms with E-state index in [0.29, 0.717) is 5.56 Å². The van der Waals surface area contributed by atoms with Crippen LogP contribution in [0.15, 0.2) is 18.2 Å². The van der Waals surface area contributed by atoms with Crippen LogP contribution in [0.2, 0.25) is 5.02 Å². The molecule has 2 rings (SSSR count). The van der Waals surface area contributed by atoms with Gasteiger partial charge in [-0.05, 0) is 17.7 Å². The maximum absolute atomic E-state index is 11.1. The molecular formula is C11H9ClO5. The number of carbonyl (C=O) groups excluding carboxylic acids is 1. The van der Waals surface area contributed by atoms with Crippen LogP contribution in [0.3, 0.4) is 0 Å². The number of halogens is 1. The lowest BCUT2D eigenvalue weighted by atomic mass is 9.95. The summed E-state index contributed by atoms with van der Waals surface area (Å²) < 4.78 is 4.96. The Morgan fingerprint density at radius 3 is 2.76 bits per heavy atom. The topological polar surface area (TPSA) is 83.8 Å². The second kappa shape index (κ2) is 4.25. The van der Waals surface area contributed by atoms with Crippen molar-refractivity contribution >= 4 is 23.5 Å². The minimum atomic E-state index is -1.09. The fourth-order valence-electron chi connectivity index (χ4n) is 1.78. The Bertz CT molecular complexity index is 485. The number of hydrogen-bond acceptors (Lipinski definition) is 4. The summed E-state index contributed by atoms with van der Waals surface area (Å²) >= 11 is 5.72. The zero-order chi connectivity index (χ0) is 12.6. The van der Waals surface area contributed by atoms with Crippen LogP contribution in [-0.2, 0) is 14.3 Å². The summed E-state index contributed by atoms with van der Waals surface area (Å²) in [5, 5.41) is 18.3. The van der Waals surface area contributed by atoms with E-state index in [9.17, 15) is 14.7 Å². The van der Waals surface area contributed by atoms with Gasteiger partial charge in [-0.1, -0.05) is 17.7 Å². The molecule has 1 aliphatic heterocycles. The van der Waals surface area contributed by atoms with Crippen LogP contribution in [-0.4, -0.2) is 22.2 Å². The highest BCUT2D eigenvalue weighted by molar-refractivity contribution is 6.32. The van der Waals surface area contributed by atoms with Crippen molar-refractivity contribution < 1.29 is 24.5 Å². The maximum Gasteiger partial charge on any atom is 0.311 e. The van der Waals surface area contributed by atoms with Crippen LogP contribution in [0.25, 0.3) is 0 Å². The molecule has 2 atom stereocenters. The number of rotatable bonds is 2. The SMILES string of the molecule is O=C1C[C@H](C(=O)O)[C@@H](c2ccc(O)c(Cl)c2)O1. The van der Waals surface area contributed by atoms with Crippen molar-refractivity contribution in [1.29, 1.82) is 0 Å². The van der Waals surface area contributed by atoms with Gasteiger partial charge in [-0.25, -0.2) is 0 Å². The molecule has 1 aromatic carbocycles. The van der Waals surface area contributed by atoms with E-state index in [4.69, 9.17) is 21.4 Å². The summed E-state index contributed by atoms with van der Waals surface area (Å²) in [5.74, 6) is -2.66. The van der Waals surface area contributed by atoms with Crippen LogP contribution in [0.5, 0.6) is 5.75 Å². The molecule has 1 aromatic rings. The molecule has 1 saturated heterocycles. The molecule has 1 heterocycles. The van der Waals surface area contributed by atoms with Crippen LogP contribution < -0.4 is 0 Å². The largest absolute Gasteiger partial charge is 0.506 e. The number of benzene rings is 1. The predicted octanol–water partition coefficient (Wildman–Crippen LogP) is 1.73. The van der Waals surface area contributed by atoms with Gasteiger partial charge in [0.2, 0.25) is 0 Å². The summed E-state index contributed by atoms with van der Waals surface area (Å²) in [4.78, 5) is 22.1. The molecule has 1 aliphatic rings. The molecule has 2 N–H and O–H groups in total. The lowest BCUT2D eigenvalue weighted by Gasteiger charge is -2.14. The van der Waals surface area contributed by atoms with Gasteiger partial charge in [0.05, 0.1) is 11.4 Å². The standard InChI is InChI=1S/C11H9ClO5/c12-7-3-5(1-2-8(7)13)10-6(11(15)16)4-9(14)17-10/h1-3,6,10,13H,4H2,(H,15,16)/t6-,10+/m0/s1. The number of carboxylic acid groups (broad SMARTS) is 1. The Balaban J connectivity index is 2.34. The molecule has 0 saturated carbocycles. The molecule has 0 aromatic heterocycles. The van der Waals surface area contributed by atoms with Crippen LogP contribution in [0.1, 0.15) is 18.1 Å². The average molecular weight is 257 g/mol. The van der Waals surface area contributed by atoms with Crippen LogP contribution in [0, 0.1) is 5.92 Å². The third-order valence-electron chi connectivity index (χ3n) is 2.63. The van der Waals surface area contributed by atoms with E-state index in [-0.39, 0.29) is 17.2 Å². The van der Waals surface area contributed by atoms with Crippen molar-refractivity contribution in [2.75, 3.05) is 0 Å². The van der Waals surface area contributed by atoms with Crippen molar-refractivity contribution in [1.82, 2.24) is 0 Å². The van der Waals surface area contributed by atoms with Crippen LogP contribution >= 0.6 is 11.6 Å². The number of aromatic hydroxyl groups is 1. The van der Waals surface area contributed by atoms with Gasteiger partial charge in [-0.2, -0.15) is 0 Å². The lowest BCUT2D eigenvalue weighted by Crippen LogP contribution is -2.17. The Morgan fingerprint density at radius 1 is 1.47 bits per heavy atom. The van der Waals surface area contributed by atoms with Gasteiger partial charge in [0.15, 0.2) is 0 Å². The van der Waals surface area contributed by atoms with Crippen molar-refractivity contribution in [2.45, 2.75) is 12.5 Å². The Labute approximate surface area is 102 Å². The highest BCUT2D eigenvalue weighted by atomic mass is 35.5. The summed E-state index contributed by atoms with van der Waals surface area (Å²) in [6.45, 7) is 0. The van der Waals surface area contributed by atoms with Crippen LogP contribution in [0.4, 0.5) is 0 Å². The van der Waals surface area contributed by atoms with Crippen molar-refractivity contribution in [2.24, 2.45) is 5.92 Å². The lowest BCUT2D eigenvalue weighted by molar-refractivity contribution is -0.144. The quantitative estimate of drug-likeness (QED) is 0.788. The molecule has 0 amide bonds. The molecule has 0 spiro atoms. The van der Waals surface area contributed by atoms with E-state index in [1.54, 1.807) is 0 Å². The molecule has 1 fully saturated rings. The van der Waals surface area contributed by atoms with E-state index >= 15 is 0 Å². The number of phenolic OH excluding ortho intramolecular Hbond substituents is 1. The fraction of sp³-hybridized carbons (Fsp3) is 0.273. The molecule has 0 aliphatic carbocycles. The summed E-state index contributed by atoms with van der Waals surface area (Å²) in [6.07, 6.45) is -1.00. The molecule has 0 unspecified atom stereocenters. The van der Waals surface area contributed by atoms with Gasteiger partial charge in [-0.15, -0.1) is 0 Å². The highest BCUT2D eigenvalue weighted by Gasteiger charge is 2.41. The smallest absolute Gasteiger partial charge is 0.311 e. The van der Waals surface area contributed by atoms with E-state index in [1.807, 2.05) is 0 Å². The van der Waals surface area contributed by atoms with Gasteiger partial charge in [0.25, 0.3) is 0 Å². The molecule has 5 nitrogen and oxygen atoms in total. The third-order valence-corrected chi connectivity index (χ3v) is 2.93. The number of esters is 1. The van der Waals surface area contributed by atoms with Crippen molar-refractivity contribution in [3.63, 3.8) is 0 Å². The maximum atomic E-state index is 11.1. The summed E-state index contributed by atoms with van der Waals surface area (Å²) in [7, 11) is 0. The monoisotopic (exact) mass is 256 g/mol. The van der Waals surface area contributed by atoms with Gasteiger partial charge in [0.1, 0.15) is 17.8 Å². The molecular weight excluding hydrogens is 248 g/mol. The number of carboxylic acids is 1. The second-order valence-corrected chi connectivity index (χ2v) is 4.18. The molecule has 17 heavy (non-hydrogen) atoms. The third kappa shape index (κ3) is 2.19. The first kappa shape index (κ1) is 11.7. The van der Waals surface area contributed by atoms with Gasteiger partial charge < -0.3 is 14.9 Å². The second-order valence-electron chi connectivity index (χ2n) is 3.77. The minimum Gasteiger partial charge on any atom is -0.506 e. The van der Waals surface area contributed by atoms with Gasteiger partial charge in [-0.3, -0.25) is 9.59 Å². The first-order valence-electron chi connectivity index (χ1n) is 4.89. The number of hydrogen-bond donors (Lipinski definition) is 2. The molecule has 0 radical (unpaired) electrons. The van der Waals surface area contributed by atoms with E-state index in [2.05, 4.69) is 0 Å². The molecule has 6 heteroatoms. The van der Waals surface area contributed by atoms with Crippen molar-refractivity contribution in [3.05, 3.63) is 28.8 Å². The number of phenols is 1. The number of aliphatic carboxylic acids is 1. The van der Waals surface area contributed by atoms with Crippen molar-refractivity contribution in [3.8, 4) is 5.75 Å². The van der Waals surface area contributed by atoms with E-state index < -0.39 is 24.0 Å². The summed E-state index contributed by atoms with van der Waals surface area (Å²) in [5.41, 5.74) is 0.464. The predicted molar refractivity (Wildman–Crippen MR) is 57.7 cm³/mol. The van der Waals surface area contributed by atoms with E-state index in [1.165, 1.54) is 18.2 Å². The zero-order valence-corrected chi connectivity index (χ0v) is 9.35. The number of cyclic esters (lactones) is 1. The minimum absolute atomic E-state index is 0.0922. The Kier molecular flexibility index (Phi) is 2.93. The molecule has 0 bridgehead atoms. The Hall–Kier alpha value is -1.75. The fourth-order valence-corrected chi connectivity index (χ4v) is 1.96. The first-order chi connectivity index (χ1) is 7.99. The summed E-state index contributed by atoms with van der Waals surface area (Å²) in [6, 6.07) is 4.22. The van der Waals surface area contributed by atoms with Gasteiger partial charge in [0, 0.05) is 0 Å². The number of ether oxygens (including phenoxy) is 1. The molecule has 90 valence electrons. The Morgan fingerprint density at radius 2 is 2.18 bits per heavy atom. The van der Waals surface area contributed by atoms with Gasteiger partial charge >= 0.3 is 11.9 Å². The van der Waals surface area contributed by atoms with E-state index in [0.717, 1.165) is 0 Å². The normalized spacial score (nSPS) is 23.5. The highest BCUT2D eigenvalue weighted by Crippen LogP contribution is 2.37. The first-order valence-corrected chi connectivity index (χ1v) is 5.27.